The fourth-order valence-corrected chi connectivity index (χ4v) is 11.4. The molecule has 512 valence electrons. The monoisotopic (exact) mass is 1260 g/mol. The van der Waals surface area contributed by atoms with Gasteiger partial charge >= 0.3 is 0 Å². The minimum Gasteiger partial charge on any atom is -0.390 e. The SMILES string of the molecule is CC[C@@H]1NC(=O)[C@H]([C@H](O)[C@H](C)CCCCCCN)N(C)C(=O)[C@H](C(C)C)N(C)C(=O)[C@H](CC(C)C)N(C)C(=O)[C@@H](CC(C)C)N(C)C(=O)[C@H](C)NC(=O)[C@@H](C)NC(=O)[C@@H](CCC(C)C)N(C)C(=O)[C@@H](C(C)C)NC(=O)[C@H](CC(C)C)N(C)C(=O)CN(C)C1=O. The summed E-state index contributed by atoms with van der Waals surface area (Å²) in [7, 11) is 9.99. The average molecular weight is 1260 g/mol. The lowest BCUT2D eigenvalue weighted by molar-refractivity contribution is -0.157. The number of rotatable bonds is 20. The molecule has 24 heteroatoms. The summed E-state index contributed by atoms with van der Waals surface area (Å²) in [6.45, 7) is 28.4. The van der Waals surface area contributed by atoms with Crippen LogP contribution >= 0.6 is 0 Å². The first kappa shape index (κ1) is 81.1. The van der Waals surface area contributed by atoms with Gasteiger partial charge in [0.1, 0.15) is 60.4 Å². The summed E-state index contributed by atoms with van der Waals surface area (Å²) in [4.78, 5) is 170. The molecule has 0 unspecified atom stereocenters. The number of carbonyl (C=O) groups is 11. The van der Waals surface area contributed by atoms with Crippen molar-refractivity contribution in [1.82, 2.24) is 55.6 Å². The molecule has 1 fully saturated rings. The Kier molecular flexibility index (Phi) is 34.7. The van der Waals surface area contributed by atoms with Gasteiger partial charge in [-0.25, -0.2) is 0 Å². The van der Waals surface area contributed by atoms with Crippen molar-refractivity contribution in [1.29, 1.82) is 0 Å². The van der Waals surface area contributed by atoms with Gasteiger partial charge in [0.2, 0.25) is 65.0 Å². The number of amides is 11. The molecule has 0 aromatic carbocycles. The molecule has 0 aliphatic carbocycles. The number of aliphatic hydroxyl groups excluding tert-OH is 1. The lowest BCUT2D eigenvalue weighted by atomic mass is 9.90. The van der Waals surface area contributed by atoms with E-state index < -0.39 is 156 Å². The molecule has 0 aromatic rings. The maximum atomic E-state index is 15.3. The predicted octanol–water partition coefficient (Wildman–Crippen LogP) is 3.60. The highest BCUT2D eigenvalue weighted by molar-refractivity contribution is 5.99. The van der Waals surface area contributed by atoms with Crippen molar-refractivity contribution in [3.63, 3.8) is 0 Å². The number of aliphatic hydroxyl groups is 1. The summed E-state index contributed by atoms with van der Waals surface area (Å²) in [6, 6.07) is -12.3. The maximum absolute atomic E-state index is 15.3. The first-order valence-electron chi connectivity index (χ1n) is 32.7. The third kappa shape index (κ3) is 24.0. The van der Waals surface area contributed by atoms with E-state index in [1.54, 1.807) is 41.5 Å². The van der Waals surface area contributed by atoms with Gasteiger partial charge in [-0.05, 0) is 113 Å². The van der Waals surface area contributed by atoms with Crippen LogP contribution < -0.4 is 27.0 Å². The summed E-state index contributed by atoms with van der Waals surface area (Å²) in [5.74, 6) is -9.35. The van der Waals surface area contributed by atoms with Crippen molar-refractivity contribution in [3.8, 4) is 0 Å². The molecule has 7 N–H and O–H groups in total. The molecule has 12 atom stereocenters. The van der Waals surface area contributed by atoms with Crippen LogP contribution in [0.5, 0.6) is 0 Å². The Morgan fingerprint density at radius 1 is 0.449 bits per heavy atom. The fraction of sp³-hybridized carbons (Fsp3) is 0.831. The fourth-order valence-electron chi connectivity index (χ4n) is 11.4. The molecular weight excluding hydrogens is 1140 g/mol. The average Bonchev–Trinajstić information content (AvgIpc) is 1.18. The molecule has 1 aliphatic heterocycles. The first-order chi connectivity index (χ1) is 41.2. The molecule has 1 rings (SSSR count). The first-order valence-corrected chi connectivity index (χ1v) is 32.7. The minimum atomic E-state index is -1.60. The summed E-state index contributed by atoms with van der Waals surface area (Å²) >= 11 is 0. The van der Waals surface area contributed by atoms with Crippen LogP contribution in [0.15, 0.2) is 0 Å². The van der Waals surface area contributed by atoms with Crippen molar-refractivity contribution >= 4 is 65.0 Å². The van der Waals surface area contributed by atoms with Gasteiger partial charge in [0.25, 0.3) is 0 Å². The second-order valence-corrected chi connectivity index (χ2v) is 27.6. The van der Waals surface area contributed by atoms with Crippen LogP contribution in [-0.4, -0.2) is 233 Å². The van der Waals surface area contributed by atoms with Gasteiger partial charge in [0, 0.05) is 49.3 Å². The van der Waals surface area contributed by atoms with E-state index in [-0.39, 0.29) is 55.8 Å². The van der Waals surface area contributed by atoms with Crippen molar-refractivity contribution in [3.05, 3.63) is 0 Å². The van der Waals surface area contributed by atoms with Crippen LogP contribution in [0, 0.1) is 41.4 Å². The van der Waals surface area contributed by atoms with Crippen LogP contribution in [0.3, 0.4) is 0 Å². The molecule has 1 saturated heterocycles. The molecule has 11 amide bonds. The number of hydrogen-bond donors (Lipinski definition) is 6. The molecule has 0 radical (unpaired) electrons. The van der Waals surface area contributed by atoms with Gasteiger partial charge in [-0.3, -0.25) is 52.7 Å². The smallest absolute Gasteiger partial charge is 0.246 e. The lowest BCUT2D eigenvalue weighted by Gasteiger charge is -2.41. The summed E-state index contributed by atoms with van der Waals surface area (Å²) in [6.07, 6.45) is 3.34. The molecule has 89 heavy (non-hydrogen) atoms. The highest BCUT2D eigenvalue weighted by Crippen LogP contribution is 2.26. The van der Waals surface area contributed by atoms with Gasteiger partial charge in [-0.2, -0.15) is 0 Å². The van der Waals surface area contributed by atoms with Crippen LogP contribution in [-0.2, 0) is 52.7 Å². The van der Waals surface area contributed by atoms with Gasteiger partial charge < -0.3 is 66.4 Å². The zero-order valence-corrected chi connectivity index (χ0v) is 58.7. The number of carbonyl (C=O) groups excluding carboxylic acids is 11. The normalized spacial score (nSPS) is 26.1. The number of likely N-dealkylation sites (N-methyl/N-ethyl adjacent to an activating group) is 7. The Hall–Kier alpha value is -5.91. The topological polar surface area (TPSA) is 305 Å². The van der Waals surface area contributed by atoms with E-state index in [0.717, 1.165) is 29.1 Å². The Labute approximate surface area is 534 Å². The number of hydrogen-bond acceptors (Lipinski definition) is 13. The van der Waals surface area contributed by atoms with Crippen molar-refractivity contribution in [2.75, 3.05) is 62.4 Å². The Bertz CT molecular complexity index is 2350. The van der Waals surface area contributed by atoms with Crippen molar-refractivity contribution in [2.45, 2.75) is 248 Å². The quantitative estimate of drug-likeness (QED) is 0.0951. The molecular formula is C65H120N12O12. The number of unbranched alkanes of at least 4 members (excludes halogenated alkanes) is 3. The van der Waals surface area contributed by atoms with Gasteiger partial charge in [0.15, 0.2) is 0 Å². The Morgan fingerprint density at radius 3 is 1.39 bits per heavy atom. The van der Waals surface area contributed by atoms with E-state index in [4.69, 9.17) is 5.73 Å². The van der Waals surface area contributed by atoms with E-state index >= 15 is 14.4 Å². The maximum Gasteiger partial charge on any atom is 0.246 e. The van der Waals surface area contributed by atoms with E-state index in [1.165, 1.54) is 87.7 Å². The zero-order valence-electron chi connectivity index (χ0n) is 58.7. The second kappa shape index (κ2) is 38.1. The minimum absolute atomic E-state index is 0.0257. The summed E-state index contributed by atoms with van der Waals surface area (Å²) in [5.41, 5.74) is 5.74. The standard InChI is InChI=1S/C65H120N12O12/c1-24-46-61(85)71(17)36-51(78)72(18)48(33-38(4)5)58(82)70-52(41(10)11)64(88)73(19)47(31-30-37(2)3)57(81)67-44(15)56(80)68-45(16)60(84)74(20)49(34-39(6)7)62(86)75(21)50(35-40(8)9)63(87)76(22)53(42(12)13)65(89)77(23)54(59(83)69-46)55(79)43(14)29-27-25-26-28-32-66/h37-50,52-55,79H,24-36,66H2,1-23H3,(H,67,81)(H,68,80)(H,69,83)(H,70,82)/t43-,44-,45+,46+,47-,48+,49-,50+,52-,53+,54+,55-/m1/s1. The molecule has 0 spiro atoms. The van der Waals surface area contributed by atoms with E-state index in [0.29, 0.717) is 25.8 Å². The molecule has 0 bridgehead atoms. The Balaban J connectivity index is 4.34. The van der Waals surface area contributed by atoms with Crippen LogP contribution in [0.2, 0.25) is 0 Å². The van der Waals surface area contributed by atoms with E-state index in [1.807, 2.05) is 55.4 Å². The van der Waals surface area contributed by atoms with E-state index in [2.05, 4.69) is 21.3 Å². The van der Waals surface area contributed by atoms with Gasteiger partial charge in [-0.1, -0.05) is 116 Å². The molecule has 1 aliphatic rings. The van der Waals surface area contributed by atoms with Crippen LogP contribution in [0.4, 0.5) is 0 Å². The zero-order chi connectivity index (χ0) is 68.8. The molecule has 0 aromatic heterocycles. The summed E-state index contributed by atoms with van der Waals surface area (Å²) in [5, 5.41) is 23.4. The van der Waals surface area contributed by atoms with E-state index in [9.17, 15) is 43.5 Å². The number of nitrogens with two attached hydrogens (primary N) is 1. The van der Waals surface area contributed by atoms with Crippen molar-refractivity contribution in [2.24, 2.45) is 47.2 Å². The summed E-state index contributed by atoms with van der Waals surface area (Å²) < 4.78 is 0. The molecule has 1 heterocycles. The molecule has 0 saturated carbocycles. The number of nitrogens with one attached hydrogen (secondary N) is 4. The number of nitrogens with zero attached hydrogens (tertiary/aromatic N) is 7. The van der Waals surface area contributed by atoms with Crippen molar-refractivity contribution < 1.29 is 57.8 Å². The lowest BCUT2D eigenvalue weighted by Crippen LogP contribution is -2.63. The highest BCUT2D eigenvalue weighted by atomic mass is 16.3. The van der Waals surface area contributed by atoms with Gasteiger partial charge in [-0.15, -0.1) is 0 Å². The highest BCUT2D eigenvalue weighted by Gasteiger charge is 2.46. The Morgan fingerprint density at radius 2 is 0.910 bits per heavy atom. The third-order valence-corrected chi connectivity index (χ3v) is 17.3. The molecule has 24 nitrogen and oxygen atoms in total. The van der Waals surface area contributed by atoms with Crippen LogP contribution in [0.25, 0.3) is 0 Å². The third-order valence-electron chi connectivity index (χ3n) is 17.3. The predicted molar refractivity (Wildman–Crippen MR) is 346 cm³/mol. The van der Waals surface area contributed by atoms with Gasteiger partial charge in [0.05, 0.1) is 12.6 Å². The van der Waals surface area contributed by atoms with Crippen LogP contribution in [0.1, 0.15) is 181 Å². The largest absolute Gasteiger partial charge is 0.390 e. The second-order valence-electron chi connectivity index (χ2n) is 27.6.